The zero-order valence-corrected chi connectivity index (χ0v) is 4.38. The molecule has 0 aromatic carbocycles. The van der Waals surface area contributed by atoms with E-state index in [0.29, 0.717) is 0 Å². The highest BCUT2D eigenvalue weighted by atomic mass is 16.4. The topological polar surface area (TPSA) is 69.6 Å². The number of hydrogen-bond acceptors (Lipinski definition) is 3. The van der Waals surface area contributed by atoms with Crippen LogP contribution < -0.4 is 5.32 Å². The van der Waals surface area contributed by atoms with Crippen molar-refractivity contribution < 1.29 is 21.9 Å². The second kappa shape index (κ2) is 2.33. The largest absolute Gasteiger partial charge is 0.480 e. The first-order valence-corrected chi connectivity index (χ1v) is 2.27. The Balaban J connectivity index is 3.18. The lowest BCUT2D eigenvalue weighted by Gasteiger charge is -1.99. The van der Waals surface area contributed by atoms with Gasteiger partial charge in [0.05, 0.1) is 7.45 Å². The number of nitrogens with one attached hydrogen (secondary N) is 1. The predicted molar refractivity (Wildman–Crippen MR) is 30.1 cm³/mol. The van der Waals surface area contributed by atoms with Crippen LogP contribution in [-0.4, -0.2) is 34.8 Å². The molecule has 4 nitrogen and oxygen atoms in total. The number of carboxylic acids is 1. The van der Waals surface area contributed by atoms with Crippen molar-refractivity contribution in [3.8, 4) is 0 Å². The van der Waals surface area contributed by atoms with Gasteiger partial charge in [-0.1, -0.05) is 0 Å². The molecule has 1 aliphatic heterocycles. The Morgan fingerprint density at radius 2 is 2.67 bits per heavy atom. The minimum absolute atomic E-state index is 1.65. The van der Waals surface area contributed by atoms with Gasteiger partial charge in [0, 0.05) is 18.4 Å². The first-order valence-electron chi connectivity index (χ1n) is 4.77. The number of hydrogen-bond donors (Lipinski definition) is 3. The summed E-state index contributed by atoms with van der Waals surface area (Å²) < 4.78 is 35.6. The zero-order valence-electron chi connectivity index (χ0n) is 9.38. The van der Waals surface area contributed by atoms with E-state index in [1.807, 2.05) is 0 Å². The summed E-state index contributed by atoms with van der Waals surface area (Å²) in [5.74, 6) is -1.65. The Hall–Kier alpha value is -0.610. The molecule has 3 N–H and O–H groups in total. The molecule has 1 rings (SSSR count). The van der Waals surface area contributed by atoms with Gasteiger partial charge in [0.2, 0.25) is 0 Å². The van der Waals surface area contributed by atoms with Crippen molar-refractivity contribution in [2.24, 2.45) is 0 Å². The fourth-order valence-corrected chi connectivity index (χ4v) is 0.473. The van der Waals surface area contributed by atoms with Gasteiger partial charge in [-0.2, -0.15) is 0 Å². The number of aliphatic hydroxyl groups is 1. The molecular formula is C5H9NO3. The molecule has 0 saturated carbocycles. The number of carbonyl (C=O) groups is 1. The Kier molecular flexibility index (Phi) is 0.660. The summed E-state index contributed by atoms with van der Waals surface area (Å²) in [5, 5.41) is 19.5. The van der Waals surface area contributed by atoms with E-state index in [1.165, 1.54) is 0 Å². The Morgan fingerprint density at radius 1 is 2.00 bits per heavy atom. The molecule has 1 saturated heterocycles. The van der Waals surface area contributed by atoms with E-state index < -0.39 is 31.0 Å². The van der Waals surface area contributed by atoms with Crippen LogP contribution in [0.1, 0.15) is 13.2 Å². The Bertz CT molecular complexity index is 279. The lowest BCUT2D eigenvalue weighted by atomic mass is 10.2. The van der Waals surface area contributed by atoms with E-state index in [1.54, 1.807) is 5.32 Å². The smallest absolute Gasteiger partial charge is 0.320 e. The van der Waals surface area contributed by atoms with E-state index in [0.717, 1.165) is 0 Å². The van der Waals surface area contributed by atoms with Gasteiger partial charge in [0.25, 0.3) is 0 Å². The van der Waals surface area contributed by atoms with Gasteiger partial charge in [-0.15, -0.1) is 0 Å². The molecule has 0 amide bonds. The van der Waals surface area contributed by atoms with Crippen LogP contribution in [-0.2, 0) is 4.79 Å². The van der Waals surface area contributed by atoms with Crippen LogP contribution >= 0.6 is 0 Å². The maximum Gasteiger partial charge on any atom is 0.320 e. The van der Waals surface area contributed by atoms with Crippen molar-refractivity contribution in [2.45, 2.75) is 18.5 Å². The van der Waals surface area contributed by atoms with Crippen LogP contribution in [0.15, 0.2) is 0 Å². The average Bonchev–Trinajstić information content (AvgIpc) is 2.08. The standard InChI is InChI=1S/C5H9NO3/c7-3-1-4(5(8)9)6-2-3/h3-4,6-7H,1-2H2,(H,8,9)/t3-,4-/m0/s1/i1D2,2D2,3D. The van der Waals surface area contributed by atoms with Crippen molar-refractivity contribution in [3.63, 3.8) is 0 Å². The van der Waals surface area contributed by atoms with Crippen LogP contribution in [0.5, 0.6) is 0 Å². The molecule has 1 heterocycles. The van der Waals surface area contributed by atoms with Gasteiger partial charge in [0.15, 0.2) is 0 Å². The molecule has 0 unspecified atom stereocenters. The number of β-amino-alcohol motifs (C(OH)–C–C–N with tert-alkyl or cyclic N) is 1. The molecule has 0 radical (unpaired) electrons. The van der Waals surface area contributed by atoms with Crippen molar-refractivity contribution in [1.82, 2.24) is 5.32 Å². The minimum atomic E-state index is -3.14. The zero-order chi connectivity index (χ0) is 11.4. The van der Waals surface area contributed by atoms with Gasteiger partial charge >= 0.3 is 5.97 Å². The fourth-order valence-electron chi connectivity index (χ4n) is 0.473. The molecule has 1 fully saturated rings. The molecular weight excluding hydrogens is 122 g/mol. The lowest BCUT2D eigenvalue weighted by molar-refractivity contribution is -0.139. The van der Waals surface area contributed by atoms with Crippen molar-refractivity contribution in [3.05, 3.63) is 0 Å². The third-order valence-corrected chi connectivity index (χ3v) is 0.863. The SMILES string of the molecule is [2H]C1([2H])N[C@H](C(=O)O)C([2H])([2H])[C@]1([2H])O. The summed E-state index contributed by atoms with van der Waals surface area (Å²) in [4.78, 5) is 10.5. The van der Waals surface area contributed by atoms with E-state index in [9.17, 15) is 9.90 Å². The lowest BCUT2D eigenvalue weighted by Crippen LogP contribution is -2.29. The predicted octanol–water partition coefficient (Wildman–Crippen LogP) is -1.21. The van der Waals surface area contributed by atoms with Gasteiger partial charge in [-0.3, -0.25) is 4.79 Å². The summed E-state index contributed by atoms with van der Waals surface area (Å²) >= 11 is 0. The molecule has 0 aromatic rings. The molecule has 0 bridgehead atoms. The van der Waals surface area contributed by atoms with Gasteiger partial charge < -0.3 is 15.5 Å². The summed E-state index contributed by atoms with van der Waals surface area (Å²) in [6, 6.07) is -1.94. The monoisotopic (exact) mass is 136 g/mol. The van der Waals surface area contributed by atoms with E-state index >= 15 is 0 Å². The van der Waals surface area contributed by atoms with Gasteiger partial charge in [-0.05, 0) is 0 Å². The molecule has 2 atom stereocenters. The van der Waals surface area contributed by atoms with E-state index in [4.69, 9.17) is 12.0 Å². The highest BCUT2D eigenvalue weighted by Gasteiger charge is 2.27. The number of aliphatic carboxylic acids is 1. The Labute approximate surface area is 59.5 Å². The minimum Gasteiger partial charge on any atom is -0.480 e. The number of rotatable bonds is 1. The highest BCUT2D eigenvalue weighted by molar-refractivity contribution is 5.73. The third kappa shape index (κ3) is 1.40. The molecule has 4 heteroatoms. The number of carboxylic acid groups (broad SMARTS) is 1. The second-order valence-electron chi connectivity index (χ2n) is 1.53. The Morgan fingerprint density at radius 3 is 2.89 bits per heavy atom. The van der Waals surface area contributed by atoms with Crippen LogP contribution in [0.3, 0.4) is 0 Å². The summed E-state index contributed by atoms with van der Waals surface area (Å²) in [7, 11) is 0. The van der Waals surface area contributed by atoms with Gasteiger partial charge in [0.1, 0.15) is 6.04 Å². The quantitative estimate of drug-likeness (QED) is 0.423. The molecule has 52 valence electrons. The molecule has 0 spiro atoms. The second-order valence-corrected chi connectivity index (χ2v) is 1.53. The average molecular weight is 136 g/mol. The summed E-state index contributed by atoms with van der Waals surface area (Å²) in [5.41, 5.74) is 0. The molecule has 1 aliphatic rings. The maximum absolute atomic E-state index is 10.5. The van der Waals surface area contributed by atoms with Crippen molar-refractivity contribution in [1.29, 1.82) is 0 Å². The first kappa shape index (κ1) is 2.56. The third-order valence-electron chi connectivity index (χ3n) is 0.863. The van der Waals surface area contributed by atoms with Crippen LogP contribution in [0, 0.1) is 0 Å². The fraction of sp³-hybridized carbons (Fsp3) is 0.800. The molecule has 9 heavy (non-hydrogen) atoms. The van der Waals surface area contributed by atoms with E-state index in [-0.39, 0.29) is 0 Å². The van der Waals surface area contributed by atoms with Crippen molar-refractivity contribution in [2.75, 3.05) is 6.50 Å². The highest BCUT2D eigenvalue weighted by Crippen LogP contribution is 2.05. The first-order chi connectivity index (χ1) is 6.04. The van der Waals surface area contributed by atoms with Crippen LogP contribution in [0.2, 0.25) is 0 Å². The van der Waals surface area contributed by atoms with Gasteiger partial charge in [-0.25, -0.2) is 0 Å². The molecule has 0 aliphatic carbocycles. The van der Waals surface area contributed by atoms with Crippen LogP contribution in [0.4, 0.5) is 0 Å². The van der Waals surface area contributed by atoms with Crippen molar-refractivity contribution >= 4 is 5.97 Å². The van der Waals surface area contributed by atoms with Crippen LogP contribution in [0.25, 0.3) is 0 Å². The molecule has 0 aromatic heterocycles. The van der Waals surface area contributed by atoms with E-state index in [2.05, 4.69) is 0 Å². The normalized spacial score (nSPS) is 62.3. The summed E-state index contributed by atoms with van der Waals surface area (Å²) in [6.07, 6.45) is -6.04. The maximum atomic E-state index is 10.5. The summed E-state index contributed by atoms with van der Waals surface area (Å²) in [6.45, 7) is -2.81.